The van der Waals surface area contributed by atoms with Gasteiger partial charge < -0.3 is 10.1 Å². The molecule has 0 bridgehead atoms. The van der Waals surface area contributed by atoms with Crippen LogP contribution in [-0.4, -0.2) is 5.91 Å². The van der Waals surface area contributed by atoms with Crippen molar-refractivity contribution >= 4 is 45.2 Å². The van der Waals surface area contributed by atoms with Crippen molar-refractivity contribution in [2.75, 3.05) is 5.32 Å². The Kier molecular flexibility index (Phi) is 7.23. The number of nitrogens with one attached hydrogen (secondary N) is 1. The molecule has 0 aliphatic rings. The third-order valence-electron chi connectivity index (χ3n) is 4.02. The summed E-state index contributed by atoms with van der Waals surface area (Å²) in [4.78, 5) is 12.4. The largest absolute Gasteiger partial charge is 0.488 e. The fourth-order valence-electron chi connectivity index (χ4n) is 2.55. The molecule has 0 unspecified atom stereocenters. The van der Waals surface area contributed by atoms with Gasteiger partial charge in [-0.3, -0.25) is 4.79 Å². The summed E-state index contributed by atoms with van der Waals surface area (Å²) >= 11 is 9.34. The first-order chi connectivity index (χ1) is 14.4. The van der Waals surface area contributed by atoms with Crippen molar-refractivity contribution in [3.8, 4) is 11.8 Å². The van der Waals surface area contributed by atoms with Crippen LogP contribution in [0.1, 0.15) is 11.1 Å². The minimum Gasteiger partial charge on any atom is -0.488 e. The number of anilines is 1. The van der Waals surface area contributed by atoms with E-state index in [0.717, 1.165) is 5.56 Å². The van der Waals surface area contributed by atoms with Crippen LogP contribution in [-0.2, 0) is 11.4 Å². The highest BCUT2D eigenvalue weighted by Crippen LogP contribution is 2.28. The number of hydrogen-bond acceptors (Lipinski definition) is 3. The Morgan fingerprint density at radius 3 is 2.60 bits per heavy atom. The number of nitriles is 1. The fraction of sp³-hybridized carbons (Fsp3) is 0.0435. The van der Waals surface area contributed by atoms with Crippen molar-refractivity contribution in [1.82, 2.24) is 0 Å². The molecule has 0 aromatic heterocycles. The number of carbonyl (C=O) groups excluding carboxylic acids is 1. The summed E-state index contributed by atoms with van der Waals surface area (Å²) in [6, 6.07) is 19.8. The van der Waals surface area contributed by atoms with Crippen molar-refractivity contribution in [2.24, 2.45) is 0 Å². The monoisotopic (exact) mass is 484 g/mol. The number of amides is 1. The van der Waals surface area contributed by atoms with E-state index >= 15 is 0 Å². The highest BCUT2D eigenvalue weighted by atomic mass is 79.9. The lowest BCUT2D eigenvalue weighted by Gasteiger charge is -2.09. The molecule has 0 spiro atoms. The third-order valence-corrected chi connectivity index (χ3v) is 4.88. The summed E-state index contributed by atoms with van der Waals surface area (Å²) in [6.07, 6.45) is 1.48. The fourth-order valence-corrected chi connectivity index (χ4v) is 3.25. The third kappa shape index (κ3) is 5.93. The number of ether oxygens (including phenoxy) is 1. The van der Waals surface area contributed by atoms with Gasteiger partial charge in [0.2, 0.25) is 0 Å². The normalized spacial score (nSPS) is 10.9. The lowest BCUT2D eigenvalue weighted by atomic mass is 10.1. The van der Waals surface area contributed by atoms with Crippen LogP contribution >= 0.6 is 27.5 Å². The molecular weight excluding hydrogens is 471 g/mol. The van der Waals surface area contributed by atoms with E-state index in [0.29, 0.717) is 26.5 Å². The molecule has 0 aliphatic carbocycles. The molecule has 3 aromatic carbocycles. The van der Waals surface area contributed by atoms with Crippen molar-refractivity contribution in [2.45, 2.75) is 6.61 Å². The summed E-state index contributed by atoms with van der Waals surface area (Å²) < 4.78 is 19.4. The molecule has 7 heteroatoms. The van der Waals surface area contributed by atoms with Crippen LogP contribution in [0.5, 0.6) is 5.75 Å². The van der Waals surface area contributed by atoms with Crippen molar-refractivity contribution < 1.29 is 13.9 Å². The van der Waals surface area contributed by atoms with Crippen LogP contribution in [0, 0.1) is 17.1 Å². The average molecular weight is 486 g/mol. The van der Waals surface area contributed by atoms with Crippen molar-refractivity contribution in [3.63, 3.8) is 0 Å². The summed E-state index contributed by atoms with van der Waals surface area (Å²) in [5.74, 6) is -0.255. The van der Waals surface area contributed by atoms with Gasteiger partial charge in [0.05, 0.1) is 4.47 Å². The maximum atomic E-state index is 13.0. The highest BCUT2D eigenvalue weighted by Gasteiger charge is 2.11. The molecule has 0 atom stereocenters. The van der Waals surface area contributed by atoms with Gasteiger partial charge >= 0.3 is 0 Å². The summed E-state index contributed by atoms with van der Waals surface area (Å²) in [6.45, 7) is 0.277. The number of hydrogen-bond donors (Lipinski definition) is 1. The predicted octanol–water partition coefficient (Wildman–Crippen LogP) is 6.37. The maximum absolute atomic E-state index is 13.0. The van der Waals surface area contributed by atoms with Gasteiger partial charge in [0, 0.05) is 10.7 Å². The Morgan fingerprint density at radius 2 is 1.93 bits per heavy atom. The van der Waals surface area contributed by atoms with Crippen molar-refractivity contribution in [3.05, 3.63) is 98.7 Å². The van der Waals surface area contributed by atoms with Gasteiger partial charge in [-0.25, -0.2) is 4.39 Å². The minimum atomic E-state index is -0.535. The van der Waals surface area contributed by atoms with E-state index in [-0.39, 0.29) is 18.0 Å². The standard InChI is InChI=1S/C23H15BrClFN2O2/c24-21-11-16(6-9-22(21)30-14-15-4-7-19(26)8-5-15)10-17(13-27)23(29)28-20-3-1-2-18(25)12-20/h1-12H,14H2,(H,28,29)/b17-10+. The zero-order valence-electron chi connectivity index (χ0n) is 15.5. The first-order valence-electron chi connectivity index (χ1n) is 8.80. The Labute approximate surface area is 186 Å². The Morgan fingerprint density at radius 1 is 1.17 bits per heavy atom. The van der Waals surface area contributed by atoms with Crippen LogP contribution in [0.15, 0.2) is 76.8 Å². The molecule has 3 rings (SSSR count). The first-order valence-corrected chi connectivity index (χ1v) is 9.97. The molecule has 4 nitrogen and oxygen atoms in total. The van der Waals surface area contributed by atoms with E-state index in [1.807, 2.05) is 6.07 Å². The SMILES string of the molecule is N#C/C(=C\c1ccc(OCc2ccc(F)cc2)c(Br)c1)C(=O)Nc1cccc(Cl)c1. The number of carbonyl (C=O) groups is 1. The quantitative estimate of drug-likeness (QED) is 0.326. The van der Waals surface area contributed by atoms with Gasteiger partial charge in [-0.05, 0) is 75.6 Å². The molecule has 1 N–H and O–H groups in total. The van der Waals surface area contributed by atoms with Crippen LogP contribution in [0.4, 0.5) is 10.1 Å². The van der Waals surface area contributed by atoms with Gasteiger partial charge in [0.25, 0.3) is 5.91 Å². The van der Waals surface area contributed by atoms with Crippen LogP contribution in [0.25, 0.3) is 6.08 Å². The first kappa shape index (κ1) is 21.6. The summed E-state index contributed by atoms with van der Waals surface area (Å²) in [5.41, 5.74) is 1.92. The molecule has 150 valence electrons. The Hall–Kier alpha value is -3.14. The molecule has 0 saturated carbocycles. The molecule has 1 amide bonds. The average Bonchev–Trinajstić information content (AvgIpc) is 2.72. The summed E-state index contributed by atoms with van der Waals surface area (Å²) in [7, 11) is 0. The second-order valence-corrected chi connectivity index (χ2v) is 7.53. The van der Waals surface area contributed by atoms with Crippen LogP contribution < -0.4 is 10.1 Å². The van der Waals surface area contributed by atoms with Crippen molar-refractivity contribution in [1.29, 1.82) is 5.26 Å². The topological polar surface area (TPSA) is 62.1 Å². The molecule has 3 aromatic rings. The smallest absolute Gasteiger partial charge is 0.266 e. The van der Waals surface area contributed by atoms with Gasteiger partial charge in [-0.15, -0.1) is 0 Å². The van der Waals surface area contributed by atoms with E-state index in [9.17, 15) is 14.4 Å². The predicted molar refractivity (Wildman–Crippen MR) is 119 cm³/mol. The lowest BCUT2D eigenvalue weighted by molar-refractivity contribution is -0.112. The molecule has 0 aliphatic heterocycles. The summed E-state index contributed by atoms with van der Waals surface area (Å²) in [5, 5.41) is 12.5. The number of nitrogens with zero attached hydrogens (tertiary/aromatic N) is 1. The molecule has 0 radical (unpaired) electrons. The molecule has 0 heterocycles. The van der Waals surface area contributed by atoms with E-state index < -0.39 is 5.91 Å². The Bertz CT molecular complexity index is 1140. The van der Waals surface area contributed by atoms with Gasteiger partial charge in [0.1, 0.15) is 29.8 Å². The zero-order chi connectivity index (χ0) is 21.5. The van der Waals surface area contributed by atoms with Gasteiger partial charge in [-0.1, -0.05) is 35.9 Å². The highest BCUT2D eigenvalue weighted by molar-refractivity contribution is 9.10. The van der Waals surface area contributed by atoms with E-state index in [4.69, 9.17) is 16.3 Å². The van der Waals surface area contributed by atoms with E-state index in [2.05, 4.69) is 21.2 Å². The molecule has 0 saturated heterocycles. The van der Waals surface area contributed by atoms with Crippen LogP contribution in [0.3, 0.4) is 0 Å². The second-order valence-electron chi connectivity index (χ2n) is 6.24. The number of benzene rings is 3. The molecular formula is C23H15BrClFN2O2. The minimum absolute atomic E-state index is 0.0538. The van der Waals surface area contributed by atoms with Gasteiger partial charge in [0.15, 0.2) is 0 Å². The number of rotatable bonds is 6. The van der Waals surface area contributed by atoms with E-state index in [1.54, 1.807) is 54.6 Å². The second kappa shape index (κ2) is 10.1. The molecule has 0 fully saturated rings. The van der Waals surface area contributed by atoms with E-state index in [1.165, 1.54) is 18.2 Å². The maximum Gasteiger partial charge on any atom is 0.266 e. The molecule has 30 heavy (non-hydrogen) atoms. The van der Waals surface area contributed by atoms with Gasteiger partial charge in [-0.2, -0.15) is 5.26 Å². The Balaban J connectivity index is 1.70. The lowest BCUT2D eigenvalue weighted by Crippen LogP contribution is -2.13. The van der Waals surface area contributed by atoms with Crippen LogP contribution in [0.2, 0.25) is 5.02 Å². The zero-order valence-corrected chi connectivity index (χ0v) is 17.9. The number of halogens is 3.